The van der Waals surface area contributed by atoms with E-state index in [1.54, 1.807) is 0 Å². The van der Waals surface area contributed by atoms with Crippen LogP contribution in [-0.4, -0.2) is 40.8 Å². The van der Waals surface area contributed by atoms with Crippen molar-refractivity contribution in [1.29, 1.82) is 0 Å². The molecule has 0 saturated heterocycles. The van der Waals surface area contributed by atoms with E-state index in [9.17, 15) is 14.7 Å². The lowest BCUT2D eigenvalue weighted by molar-refractivity contribution is -0.119. The molecule has 2 unspecified atom stereocenters. The summed E-state index contributed by atoms with van der Waals surface area (Å²) in [5.41, 5.74) is 0.107. The summed E-state index contributed by atoms with van der Waals surface area (Å²) in [6, 6.07) is 0. The molecule has 0 rings (SSSR count). The molecule has 0 aliphatic heterocycles. The molecule has 2 N–H and O–H groups in total. The Labute approximate surface area is 269 Å². The van der Waals surface area contributed by atoms with E-state index < -0.39 is 6.10 Å². The molecular formula is C37H73O5P. The number of carbonyl (C=O) groups is 2. The molecule has 43 heavy (non-hydrogen) atoms. The van der Waals surface area contributed by atoms with Crippen molar-refractivity contribution in [2.45, 2.75) is 212 Å². The van der Waals surface area contributed by atoms with Crippen molar-refractivity contribution < 1.29 is 24.3 Å². The average Bonchev–Trinajstić information content (AvgIpc) is 3.00. The van der Waals surface area contributed by atoms with Crippen LogP contribution in [0.2, 0.25) is 0 Å². The van der Waals surface area contributed by atoms with Gasteiger partial charge in [-0.25, -0.2) is 0 Å². The number of hydrogen-bond acceptors (Lipinski definition) is 5. The van der Waals surface area contributed by atoms with E-state index in [0.29, 0.717) is 12.2 Å². The molecule has 0 bridgehead atoms. The summed E-state index contributed by atoms with van der Waals surface area (Å²) in [4.78, 5) is 23.9. The summed E-state index contributed by atoms with van der Waals surface area (Å²) in [6.45, 7) is 1.98. The molecule has 0 saturated carbocycles. The minimum absolute atomic E-state index is 0.0312. The Balaban J connectivity index is 3.20. The number of unbranched alkanes of at least 4 members (excludes halogenated alkanes) is 26. The van der Waals surface area contributed by atoms with Gasteiger partial charge in [-0.3, -0.25) is 9.59 Å². The number of aliphatic hydroxyl groups excluding tert-OH is 2. The Kier molecular flexibility index (Phi) is 35.8. The molecule has 2 atom stereocenters. The Morgan fingerprint density at radius 1 is 0.512 bits per heavy atom. The maximum Gasteiger partial charge on any atom is 0.178 e. The van der Waals surface area contributed by atoms with E-state index in [-0.39, 0.29) is 27.5 Å². The molecule has 6 heteroatoms. The molecular weight excluding hydrogens is 555 g/mol. The van der Waals surface area contributed by atoms with Gasteiger partial charge in [0.1, 0.15) is 11.9 Å². The molecule has 0 aliphatic carbocycles. The molecule has 5 nitrogen and oxygen atoms in total. The van der Waals surface area contributed by atoms with Crippen LogP contribution >= 0.6 is 8.81 Å². The lowest BCUT2D eigenvalue weighted by atomic mass is 10.0. The Hall–Kier alpha value is -0.350. The third-order valence-electron chi connectivity index (χ3n) is 8.59. The standard InChI is InChI=1S/C37H73O5P/c1-2-3-4-5-6-7-8-12-15-18-21-24-27-30-35(39)31-28-25-22-19-16-13-10-9-11-14-17-20-23-26-29-32-37(41)43-42-34-36(40)33-38/h36,38,40,43H,2-34H2,1H3. The molecule has 256 valence electrons. The van der Waals surface area contributed by atoms with Crippen LogP contribution in [0.1, 0.15) is 206 Å². The smallest absolute Gasteiger partial charge is 0.178 e. The molecule has 0 heterocycles. The Morgan fingerprint density at radius 2 is 0.814 bits per heavy atom. The maximum atomic E-state index is 12.1. The second-order valence-corrected chi connectivity index (χ2v) is 14.1. The number of hydrogen-bond donors (Lipinski definition) is 2. The summed E-state index contributed by atoms with van der Waals surface area (Å²) in [7, 11) is -0.212. The van der Waals surface area contributed by atoms with Gasteiger partial charge in [0, 0.05) is 19.3 Å². The molecule has 0 aromatic rings. The molecule has 0 amide bonds. The van der Waals surface area contributed by atoms with E-state index in [1.807, 2.05) is 0 Å². The summed E-state index contributed by atoms with van der Waals surface area (Å²) >= 11 is 0. The van der Waals surface area contributed by atoms with Gasteiger partial charge in [0.2, 0.25) is 0 Å². The van der Waals surface area contributed by atoms with Crippen LogP contribution in [0.25, 0.3) is 0 Å². The van der Waals surface area contributed by atoms with Crippen molar-refractivity contribution in [3.05, 3.63) is 0 Å². The highest BCUT2D eigenvalue weighted by atomic mass is 31.1. The van der Waals surface area contributed by atoms with E-state index >= 15 is 0 Å². The number of ketones is 1. The van der Waals surface area contributed by atoms with Crippen molar-refractivity contribution in [2.24, 2.45) is 0 Å². The van der Waals surface area contributed by atoms with Crippen LogP contribution in [0.3, 0.4) is 0 Å². The largest absolute Gasteiger partial charge is 0.394 e. The molecule has 0 spiro atoms. The summed E-state index contributed by atoms with van der Waals surface area (Å²) in [6.07, 6.45) is 37.8. The zero-order valence-corrected chi connectivity index (χ0v) is 29.5. The van der Waals surface area contributed by atoms with Crippen LogP contribution in [0.15, 0.2) is 0 Å². The topological polar surface area (TPSA) is 83.8 Å². The van der Waals surface area contributed by atoms with Crippen LogP contribution in [0.4, 0.5) is 0 Å². The van der Waals surface area contributed by atoms with E-state index in [1.165, 1.54) is 154 Å². The molecule has 0 radical (unpaired) electrons. The van der Waals surface area contributed by atoms with Crippen LogP contribution < -0.4 is 0 Å². The lowest BCUT2D eigenvalue weighted by Crippen LogP contribution is -2.17. The summed E-state index contributed by atoms with van der Waals surface area (Å²) < 4.78 is 5.13. The van der Waals surface area contributed by atoms with Gasteiger partial charge in [0.15, 0.2) is 5.52 Å². The van der Waals surface area contributed by atoms with Crippen molar-refractivity contribution in [2.75, 3.05) is 13.2 Å². The number of carbonyl (C=O) groups excluding carboxylic acids is 2. The summed E-state index contributed by atoms with van der Waals surface area (Å²) in [5, 5.41) is 17.9. The first-order valence-corrected chi connectivity index (χ1v) is 19.7. The first kappa shape index (κ1) is 42.6. The van der Waals surface area contributed by atoms with Crippen LogP contribution in [0, 0.1) is 0 Å². The lowest BCUT2D eigenvalue weighted by Gasteiger charge is -2.07. The fourth-order valence-electron chi connectivity index (χ4n) is 5.69. The van der Waals surface area contributed by atoms with E-state index in [4.69, 9.17) is 9.63 Å². The average molecular weight is 629 g/mol. The van der Waals surface area contributed by atoms with Gasteiger partial charge in [-0.05, 0) is 19.3 Å². The SMILES string of the molecule is CCCCCCCCCCCCCCCC(=O)CCCCCCCCCCCCCCCCCC(=O)POCC(O)CO. The number of Topliss-reactive ketones (excluding diaryl/α,β-unsaturated/α-hetero) is 1. The zero-order valence-electron chi connectivity index (χ0n) is 28.5. The highest BCUT2D eigenvalue weighted by molar-refractivity contribution is 7.53. The third-order valence-corrected chi connectivity index (χ3v) is 9.38. The first-order valence-electron chi connectivity index (χ1n) is 18.8. The van der Waals surface area contributed by atoms with Crippen molar-refractivity contribution >= 4 is 20.1 Å². The normalized spacial score (nSPS) is 12.4. The van der Waals surface area contributed by atoms with Crippen molar-refractivity contribution in [3.8, 4) is 0 Å². The van der Waals surface area contributed by atoms with E-state index in [2.05, 4.69) is 6.92 Å². The quantitative estimate of drug-likeness (QED) is 0.0528. The monoisotopic (exact) mass is 629 g/mol. The van der Waals surface area contributed by atoms with Crippen molar-refractivity contribution in [1.82, 2.24) is 0 Å². The molecule has 0 aliphatic rings. The van der Waals surface area contributed by atoms with E-state index in [0.717, 1.165) is 38.5 Å². The number of aliphatic hydroxyl groups is 2. The second kappa shape index (κ2) is 36.1. The fraction of sp³-hybridized carbons (Fsp3) is 0.946. The van der Waals surface area contributed by atoms with Crippen LogP contribution in [-0.2, 0) is 14.1 Å². The fourth-order valence-corrected chi connectivity index (χ4v) is 6.41. The third kappa shape index (κ3) is 36.0. The van der Waals surface area contributed by atoms with Crippen molar-refractivity contribution in [3.63, 3.8) is 0 Å². The van der Waals surface area contributed by atoms with Crippen LogP contribution in [0.5, 0.6) is 0 Å². The Bertz CT molecular complexity index is 585. The van der Waals surface area contributed by atoms with Gasteiger partial charge in [-0.15, -0.1) is 0 Å². The van der Waals surface area contributed by atoms with Gasteiger partial charge < -0.3 is 14.7 Å². The first-order chi connectivity index (χ1) is 21.1. The maximum absolute atomic E-state index is 12.1. The minimum Gasteiger partial charge on any atom is -0.394 e. The second-order valence-electron chi connectivity index (χ2n) is 13.0. The molecule has 0 aromatic heterocycles. The van der Waals surface area contributed by atoms with Gasteiger partial charge in [-0.1, -0.05) is 167 Å². The Morgan fingerprint density at radius 3 is 1.14 bits per heavy atom. The highest BCUT2D eigenvalue weighted by Crippen LogP contribution is 2.19. The minimum atomic E-state index is -0.887. The molecule has 0 fully saturated rings. The highest BCUT2D eigenvalue weighted by Gasteiger charge is 2.06. The predicted octanol–water partition coefficient (Wildman–Crippen LogP) is 11.2. The summed E-state index contributed by atoms with van der Waals surface area (Å²) in [5.74, 6) is 0.497. The number of rotatable bonds is 37. The predicted molar refractivity (Wildman–Crippen MR) is 186 cm³/mol. The van der Waals surface area contributed by atoms with Gasteiger partial charge in [-0.2, -0.15) is 0 Å². The van der Waals surface area contributed by atoms with Gasteiger partial charge >= 0.3 is 0 Å². The van der Waals surface area contributed by atoms with Gasteiger partial charge in [0.05, 0.1) is 22.0 Å². The zero-order chi connectivity index (χ0) is 31.5. The molecule has 0 aromatic carbocycles. The van der Waals surface area contributed by atoms with Gasteiger partial charge in [0.25, 0.3) is 0 Å².